The van der Waals surface area contributed by atoms with Gasteiger partial charge in [0.2, 0.25) is 5.91 Å². The minimum Gasteiger partial charge on any atom is -0.408 e. The lowest BCUT2D eigenvalue weighted by Gasteiger charge is -2.22. The minimum absolute atomic E-state index is 0.110. The van der Waals surface area contributed by atoms with Crippen LogP contribution in [0.5, 0.6) is 0 Å². The average Bonchev–Trinajstić information content (AvgIpc) is 2.77. The van der Waals surface area contributed by atoms with Crippen LogP contribution in [-0.2, 0) is 4.79 Å². The Balaban J connectivity index is 1.76. The topological polar surface area (TPSA) is 86.6 Å². The standard InChI is InChI=1S/C16H19N3O4/c1-2-14(20)18-6-3-7-19(9-8-18)15(21)11-4-5-12-13(10-11)23-16(22)17-12/h4-5,10H,2-3,6-9H2,1H3,(H,17,22). The number of carbonyl (C=O) groups is 2. The molecule has 2 aromatic rings. The highest BCUT2D eigenvalue weighted by molar-refractivity contribution is 5.97. The molecule has 7 heteroatoms. The van der Waals surface area contributed by atoms with Crippen molar-refractivity contribution in [1.29, 1.82) is 0 Å². The highest BCUT2D eigenvalue weighted by Crippen LogP contribution is 2.15. The maximum atomic E-state index is 12.6. The molecule has 1 saturated heterocycles. The monoisotopic (exact) mass is 317 g/mol. The predicted molar refractivity (Wildman–Crippen MR) is 84.2 cm³/mol. The molecule has 1 fully saturated rings. The fraction of sp³-hybridized carbons (Fsp3) is 0.438. The zero-order valence-corrected chi connectivity index (χ0v) is 13.0. The van der Waals surface area contributed by atoms with Crippen molar-refractivity contribution in [3.63, 3.8) is 0 Å². The lowest BCUT2D eigenvalue weighted by Crippen LogP contribution is -2.37. The van der Waals surface area contributed by atoms with E-state index >= 15 is 0 Å². The van der Waals surface area contributed by atoms with E-state index in [2.05, 4.69) is 4.98 Å². The van der Waals surface area contributed by atoms with Crippen LogP contribution < -0.4 is 5.76 Å². The van der Waals surface area contributed by atoms with E-state index in [-0.39, 0.29) is 11.8 Å². The molecule has 1 aliphatic heterocycles. The van der Waals surface area contributed by atoms with Gasteiger partial charge < -0.3 is 14.2 Å². The molecule has 0 atom stereocenters. The maximum absolute atomic E-state index is 12.6. The van der Waals surface area contributed by atoms with Crippen molar-refractivity contribution in [2.24, 2.45) is 0 Å². The SMILES string of the molecule is CCC(=O)N1CCCN(C(=O)c2ccc3[nH]c(=O)oc3c2)CC1. The normalized spacial score (nSPS) is 15.7. The van der Waals surface area contributed by atoms with E-state index in [1.165, 1.54) is 0 Å². The van der Waals surface area contributed by atoms with Crippen molar-refractivity contribution in [3.05, 3.63) is 34.3 Å². The van der Waals surface area contributed by atoms with E-state index in [0.29, 0.717) is 49.3 Å². The summed E-state index contributed by atoms with van der Waals surface area (Å²) in [4.78, 5) is 41.7. The number of aromatic amines is 1. The van der Waals surface area contributed by atoms with E-state index in [9.17, 15) is 14.4 Å². The third kappa shape index (κ3) is 3.13. The van der Waals surface area contributed by atoms with E-state index < -0.39 is 5.76 Å². The second-order valence-electron chi connectivity index (χ2n) is 5.61. The molecule has 3 rings (SSSR count). The zero-order valence-electron chi connectivity index (χ0n) is 13.0. The first-order valence-corrected chi connectivity index (χ1v) is 7.78. The Morgan fingerprint density at radius 3 is 2.70 bits per heavy atom. The number of carbonyl (C=O) groups excluding carboxylic acids is 2. The Bertz CT molecular complexity index is 792. The van der Waals surface area contributed by atoms with Crippen LogP contribution in [0.1, 0.15) is 30.1 Å². The number of benzene rings is 1. The number of nitrogens with one attached hydrogen (secondary N) is 1. The Morgan fingerprint density at radius 2 is 1.91 bits per heavy atom. The highest BCUT2D eigenvalue weighted by atomic mass is 16.4. The molecule has 122 valence electrons. The molecule has 7 nitrogen and oxygen atoms in total. The fourth-order valence-electron chi connectivity index (χ4n) is 2.85. The van der Waals surface area contributed by atoms with E-state index in [1.54, 1.807) is 23.1 Å². The van der Waals surface area contributed by atoms with Crippen LogP contribution in [0.2, 0.25) is 0 Å². The Labute approximate surface area is 132 Å². The van der Waals surface area contributed by atoms with Crippen LogP contribution in [0.25, 0.3) is 11.1 Å². The Morgan fingerprint density at radius 1 is 1.17 bits per heavy atom. The average molecular weight is 317 g/mol. The number of fused-ring (bicyclic) bond motifs is 1. The third-order valence-corrected chi connectivity index (χ3v) is 4.11. The summed E-state index contributed by atoms with van der Waals surface area (Å²) in [6.07, 6.45) is 1.25. The molecule has 0 unspecified atom stereocenters. The number of aromatic nitrogens is 1. The first-order chi connectivity index (χ1) is 11.1. The maximum Gasteiger partial charge on any atom is 0.417 e. The molecule has 1 aromatic heterocycles. The summed E-state index contributed by atoms with van der Waals surface area (Å²) in [6.45, 7) is 4.21. The van der Waals surface area contributed by atoms with Gasteiger partial charge in [-0.3, -0.25) is 14.6 Å². The summed E-state index contributed by atoms with van der Waals surface area (Å²) in [5, 5.41) is 0. The number of hydrogen-bond donors (Lipinski definition) is 1. The molecule has 2 amide bonds. The van der Waals surface area contributed by atoms with Gasteiger partial charge in [-0.1, -0.05) is 6.92 Å². The molecule has 2 heterocycles. The smallest absolute Gasteiger partial charge is 0.408 e. The Hall–Kier alpha value is -2.57. The molecule has 0 radical (unpaired) electrons. The van der Waals surface area contributed by atoms with Crippen LogP contribution >= 0.6 is 0 Å². The summed E-state index contributed by atoms with van der Waals surface area (Å²) >= 11 is 0. The van der Waals surface area contributed by atoms with Gasteiger partial charge in [-0.25, -0.2) is 4.79 Å². The van der Waals surface area contributed by atoms with E-state index in [4.69, 9.17) is 4.42 Å². The number of oxazole rings is 1. The molecule has 1 N–H and O–H groups in total. The van der Waals surface area contributed by atoms with Gasteiger partial charge in [-0.05, 0) is 24.6 Å². The Kier molecular flexibility index (Phi) is 4.18. The lowest BCUT2D eigenvalue weighted by atomic mass is 10.1. The van der Waals surface area contributed by atoms with Gasteiger partial charge in [0, 0.05) is 38.2 Å². The summed E-state index contributed by atoms with van der Waals surface area (Å²) in [7, 11) is 0. The van der Waals surface area contributed by atoms with Gasteiger partial charge in [0.05, 0.1) is 5.52 Å². The molecule has 23 heavy (non-hydrogen) atoms. The third-order valence-electron chi connectivity index (χ3n) is 4.11. The number of nitrogens with zero attached hydrogens (tertiary/aromatic N) is 2. The first kappa shape index (κ1) is 15.3. The van der Waals surface area contributed by atoms with Gasteiger partial charge >= 0.3 is 5.76 Å². The van der Waals surface area contributed by atoms with Crippen molar-refractivity contribution in [1.82, 2.24) is 14.8 Å². The van der Waals surface area contributed by atoms with Crippen molar-refractivity contribution >= 4 is 22.9 Å². The van der Waals surface area contributed by atoms with E-state index in [0.717, 1.165) is 6.42 Å². The van der Waals surface area contributed by atoms with Crippen LogP contribution in [0, 0.1) is 0 Å². The van der Waals surface area contributed by atoms with Gasteiger partial charge in [-0.15, -0.1) is 0 Å². The van der Waals surface area contributed by atoms with Gasteiger partial charge in [0.15, 0.2) is 5.58 Å². The number of H-pyrrole nitrogens is 1. The largest absolute Gasteiger partial charge is 0.417 e. The molecule has 1 aromatic carbocycles. The molecule has 0 spiro atoms. The number of rotatable bonds is 2. The molecule has 0 aliphatic carbocycles. The van der Waals surface area contributed by atoms with Gasteiger partial charge in [-0.2, -0.15) is 0 Å². The second-order valence-corrected chi connectivity index (χ2v) is 5.61. The van der Waals surface area contributed by atoms with Gasteiger partial charge in [0.25, 0.3) is 5.91 Å². The quantitative estimate of drug-likeness (QED) is 0.902. The van der Waals surface area contributed by atoms with Crippen LogP contribution in [0.3, 0.4) is 0 Å². The summed E-state index contributed by atoms with van der Waals surface area (Å²) in [6, 6.07) is 4.92. The molecule has 0 saturated carbocycles. The lowest BCUT2D eigenvalue weighted by molar-refractivity contribution is -0.130. The van der Waals surface area contributed by atoms with Crippen molar-refractivity contribution in [3.8, 4) is 0 Å². The number of hydrogen-bond acceptors (Lipinski definition) is 4. The fourth-order valence-corrected chi connectivity index (χ4v) is 2.85. The molecular weight excluding hydrogens is 298 g/mol. The zero-order chi connectivity index (χ0) is 16.4. The van der Waals surface area contributed by atoms with Crippen molar-refractivity contribution in [2.45, 2.75) is 19.8 Å². The summed E-state index contributed by atoms with van der Waals surface area (Å²) < 4.78 is 5.00. The second kappa shape index (κ2) is 6.28. The summed E-state index contributed by atoms with van der Waals surface area (Å²) in [5.74, 6) is -0.524. The highest BCUT2D eigenvalue weighted by Gasteiger charge is 2.22. The molecule has 0 bridgehead atoms. The van der Waals surface area contributed by atoms with Crippen LogP contribution in [0.4, 0.5) is 0 Å². The number of amides is 2. The van der Waals surface area contributed by atoms with Crippen molar-refractivity contribution < 1.29 is 14.0 Å². The summed E-state index contributed by atoms with van der Waals surface area (Å²) in [5.41, 5.74) is 1.43. The first-order valence-electron chi connectivity index (χ1n) is 7.78. The minimum atomic E-state index is -0.534. The van der Waals surface area contributed by atoms with Crippen LogP contribution in [0.15, 0.2) is 27.4 Å². The van der Waals surface area contributed by atoms with Crippen LogP contribution in [-0.4, -0.2) is 52.8 Å². The molecular formula is C16H19N3O4. The molecule has 1 aliphatic rings. The van der Waals surface area contributed by atoms with Gasteiger partial charge in [0.1, 0.15) is 0 Å². The van der Waals surface area contributed by atoms with E-state index in [1.807, 2.05) is 11.8 Å². The van der Waals surface area contributed by atoms with Crippen molar-refractivity contribution in [2.75, 3.05) is 26.2 Å². The predicted octanol–water partition coefficient (Wildman–Crippen LogP) is 1.21.